The van der Waals surface area contributed by atoms with Crippen LogP contribution in [-0.4, -0.2) is 19.0 Å². The molecule has 0 saturated carbocycles. The number of rotatable bonds is 7. The summed E-state index contributed by atoms with van der Waals surface area (Å²) in [6, 6.07) is 14.1. The molecular weight excluding hydrogens is 315 g/mol. The fourth-order valence-corrected chi connectivity index (χ4v) is 2.44. The van der Waals surface area contributed by atoms with Crippen molar-refractivity contribution in [3.63, 3.8) is 0 Å². The van der Waals surface area contributed by atoms with Gasteiger partial charge in [0.15, 0.2) is 0 Å². The SMILES string of the molecule is C[C@@H](NCC(=O)NCCc1ccccc1F)c1cccc(Cl)c1. The summed E-state index contributed by atoms with van der Waals surface area (Å²) in [6.45, 7) is 2.58. The van der Waals surface area contributed by atoms with Crippen molar-refractivity contribution >= 4 is 17.5 Å². The molecule has 23 heavy (non-hydrogen) atoms. The van der Waals surface area contributed by atoms with Gasteiger partial charge in [0.1, 0.15) is 5.82 Å². The van der Waals surface area contributed by atoms with Crippen LogP contribution in [-0.2, 0) is 11.2 Å². The number of hydrogen-bond donors (Lipinski definition) is 2. The summed E-state index contributed by atoms with van der Waals surface area (Å²) >= 11 is 5.95. The molecule has 0 aromatic heterocycles. The molecule has 2 aromatic rings. The second kappa shape index (κ2) is 8.65. The number of amides is 1. The molecule has 0 fully saturated rings. The summed E-state index contributed by atoms with van der Waals surface area (Å²) in [5.41, 5.74) is 1.63. The minimum absolute atomic E-state index is 0.0195. The standard InChI is InChI=1S/C18H20ClFN2O/c1-13(15-6-4-7-16(19)11-15)22-12-18(23)21-10-9-14-5-2-3-8-17(14)20/h2-8,11,13,22H,9-10,12H2,1H3,(H,21,23)/t13-/m1/s1. The minimum atomic E-state index is -0.241. The zero-order valence-electron chi connectivity index (χ0n) is 13.0. The van der Waals surface area contributed by atoms with E-state index >= 15 is 0 Å². The Hall–Kier alpha value is -1.91. The van der Waals surface area contributed by atoms with Crippen molar-refractivity contribution in [3.05, 3.63) is 70.5 Å². The number of nitrogens with one attached hydrogen (secondary N) is 2. The molecule has 0 aliphatic rings. The number of carbonyl (C=O) groups excluding carboxylic acids is 1. The Labute approximate surface area is 140 Å². The molecule has 2 rings (SSSR count). The molecule has 3 nitrogen and oxygen atoms in total. The summed E-state index contributed by atoms with van der Waals surface area (Å²) in [4.78, 5) is 11.8. The Kier molecular flexibility index (Phi) is 6.56. The molecule has 0 aliphatic heterocycles. The van der Waals surface area contributed by atoms with Crippen LogP contribution in [0.3, 0.4) is 0 Å². The number of hydrogen-bond acceptors (Lipinski definition) is 2. The molecule has 122 valence electrons. The van der Waals surface area contributed by atoms with Gasteiger partial charge in [-0.15, -0.1) is 0 Å². The van der Waals surface area contributed by atoms with Crippen molar-refractivity contribution in [2.75, 3.05) is 13.1 Å². The maximum atomic E-state index is 13.5. The molecule has 1 amide bonds. The van der Waals surface area contributed by atoms with Gasteiger partial charge in [0.05, 0.1) is 6.54 Å². The summed E-state index contributed by atoms with van der Waals surface area (Å²) in [7, 11) is 0. The lowest BCUT2D eigenvalue weighted by molar-refractivity contribution is -0.120. The summed E-state index contributed by atoms with van der Waals surface area (Å²) in [5, 5.41) is 6.60. The molecule has 0 saturated heterocycles. The first-order valence-corrected chi connectivity index (χ1v) is 7.93. The van der Waals surface area contributed by atoms with Crippen molar-refractivity contribution in [2.24, 2.45) is 0 Å². The topological polar surface area (TPSA) is 41.1 Å². The molecular formula is C18H20ClFN2O. The van der Waals surface area contributed by atoms with Crippen LogP contribution < -0.4 is 10.6 Å². The van der Waals surface area contributed by atoms with Crippen molar-refractivity contribution in [2.45, 2.75) is 19.4 Å². The van der Waals surface area contributed by atoms with Gasteiger partial charge in [-0.2, -0.15) is 0 Å². The molecule has 0 aliphatic carbocycles. The smallest absolute Gasteiger partial charge is 0.233 e. The average Bonchev–Trinajstić information content (AvgIpc) is 2.54. The van der Waals surface area contributed by atoms with E-state index in [1.54, 1.807) is 18.2 Å². The average molecular weight is 335 g/mol. The van der Waals surface area contributed by atoms with Gasteiger partial charge in [0.2, 0.25) is 5.91 Å². The first-order chi connectivity index (χ1) is 11.1. The summed E-state index contributed by atoms with van der Waals surface area (Å²) < 4.78 is 13.5. The third kappa shape index (κ3) is 5.66. The van der Waals surface area contributed by atoms with Crippen LogP contribution in [0.5, 0.6) is 0 Å². The molecule has 0 bridgehead atoms. The maximum Gasteiger partial charge on any atom is 0.233 e. The third-order valence-electron chi connectivity index (χ3n) is 3.59. The number of halogens is 2. The maximum absolute atomic E-state index is 13.5. The Bertz CT molecular complexity index is 663. The van der Waals surface area contributed by atoms with Crippen molar-refractivity contribution in [3.8, 4) is 0 Å². The fraction of sp³-hybridized carbons (Fsp3) is 0.278. The van der Waals surface area contributed by atoms with E-state index in [4.69, 9.17) is 11.6 Å². The second-order valence-electron chi connectivity index (χ2n) is 5.35. The molecule has 0 heterocycles. The zero-order chi connectivity index (χ0) is 16.7. The first kappa shape index (κ1) is 17.4. The van der Waals surface area contributed by atoms with Crippen LogP contribution in [0, 0.1) is 5.82 Å². The Morgan fingerprint density at radius 2 is 2.00 bits per heavy atom. The second-order valence-corrected chi connectivity index (χ2v) is 5.79. The highest BCUT2D eigenvalue weighted by molar-refractivity contribution is 6.30. The lowest BCUT2D eigenvalue weighted by Gasteiger charge is -2.14. The van der Waals surface area contributed by atoms with Crippen LogP contribution >= 0.6 is 11.6 Å². The van der Waals surface area contributed by atoms with E-state index in [-0.39, 0.29) is 24.3 Å². The number of benzene rings is 2. The van der Waals surface area contributed by atoms with Crippen LogP contribution in [0.15, 0.2) is 48.5 Å². The van der Waals surface area contributed by atoms with Gasteiger partial charge in [0, 0.05) is 17.6 Å². The monoisotopic (exact) mass is 334 g/mol. The predicted octanol–water partition coefficient (Wildman–Crippen LogP) is 3.49. The van der Waals surface area contributed by atoms with Crippen molar-refractivity contribution in [1.29, 1.82) is 0 Å². The third-order valence-corrected chi connectivity index (χ3v) is 3.83. The minimum Gasteiger partial charge on any atom is -0.355 e. The van der Waals surface area contributed by atoms with E-state index in [1.807, 2.05) is 31.2 Å². The van der Waals surface area contributed by atoms with E-state index in [9.17, 15) is 9.18 Å². The molecule has 5 heteroatoms. The van der Waals surface area contributed by atoms with E-state index < -0.39 is 0 Å². The van der Waals surface area contributed by atoms with Crippen LogP contribution in [0.4, 0.5) is 4.39 Å². The van der Waals surface area contributed by atoms with Crippen LogP contribution in [0.1, 0.15) is 24.1 Å². The van der Waals surface area contributed by atoms with Crippen molar-refractivity contribution in [1.82, 2.24) is 10.6 Å². The van der Waals surface area contributed by atoms with Crippen LogP contribution in [0.2, 0.25) is 5.02 Å². The molecule has 1 atom stereocenters. The zero-order valence-corrected chi connectivity index (χ0v) is 13.7. The Morgan fingerprint density at radius 1 is 1.22 bits per heavy atom. The Balaban J connectivity index is 1.72. The molecule has 0 radical (unpaired) electrons. The van der Waals surface area contributed by atoms with E-state index in [0.29, 0.717) is 23.6 Å². The highest BCUT2D eigenvalue weighted by Gasteiger charge is 2.08. The quantitative estimate of drug-likeness (QED) is 0.813. The van der Waals surface area contributed by atoms with Gasteiger partial charge in [0.25, 0.3) is 0 Å². The lowest BCUT2D eigenvalue weighted by Crippen LogP contribution is -2.36. The van der Waals surface area contributed by atoms with E-state index in [2.05, 4.69) is 10.6 Å². The van der Waals surface area contributed by atoms with Crippen molar-refractivity contribution < 1.29 is 9.18 Å². The molecule has 0 unspecified atom stereocenters. The summed E-state index contributed by atoms with van der Waals surface area (Å²) in [6.07, 6.45) is 0.474. The molecule has 0 spiro atoms. The van der Waals surface area contributed by atoms with Gasteiger partial charge in [-0.05, 0) is 42.7 Å². The highest BCUT2D eigenvalue weighted by atomic mass is 35.5. The van der Waals surface area contributed by atoms with E-state index in [0.717, 1.165) is 5.56 Å². The van der Waals surface area contributed by atoms with E-state index in [1.165, 1.54) is 6.07 Å². The van der Waals surface area contributed by atoms with Gasteiger partial charge < -0.3 is 10.6 Å². The largest absolute Gasteiger partial charge is 0.355 e. The predicted molar refractivity (Wildman–Crippen MR) is 91.0 cm³/mol. The normalized spacial score (nSPS) is 12.0. The fourth-order valence-electron chi connectivity index (χ4n) is 2.24. The highest BCUT2D eigenvalue weighted by Crippen LogP contribution is 2.16. The first-order valence-electron chi connectivity index (χ1n) is 7.55. The lowest BCUT2D eigenvalue weighted by atomic mass is 10.1. The Morgan fingerprint density at radius 3 is 2.74 bits per heavy atom. The van der Waals surface area contributed by atoms with Crippen LogP contribution in [0.25, 0.3) is 0 Å². The molecule has 2 N–H and O–H groups in total. The number of carbonyl (C=O) groups is 1. The van der Waals surface area contributed by atoms with Gasteiger partial charge in [-0.1, -0.05) is 41.9 Å². The van der Waals surface area contributed by atoms with Gasteiger partial charge >= 0.3 is 0 Å². The summed E-state index contributed by atoms with van der Waals surface area (Å²) in [5.74, 6) is -0.357. The van der Waals surface area contributed by atoms with Gasteiger partial charge in [-0.25, -0.2) is 4.39 Å². The van der Waals surface area contributed by atoms with Gasteiger partial charge in [-0.3, -0.25) is 4.79 Å². The molecule has 2 aromatic carbocycles.